The Morgan fingerprint density at radius 1 is 1.13 bits per heavy atom. The molecule has 0 saturated heterocycles. The first-order valence-electron chi connectivity index (χ1n) is 12.7. The van der Waals surface area contributed by atoms with Crippen LogP contribution in [0.3, 0.4) is 0 Å². The lowest BCUT2D eigenvalue weighted by Crippen LogP contribution is -2.49. The van der Waals surface area contributed by atoms with Crippen LogP contribution in [0.4, 0.5) is 4.39 Å². The lowest BCUT2D eigenvalue weighted by Gasteiger charge is -2.24. The zero-order chi connectivity index (χ0) is 27.5. The molecule has 0 radical (unpaired) electrons. The summed E-state index contributed by atoms with van der Waals surface area (Å²) in [6.45, 7) is 1.00. The van der Waals surface area contributed by atoms with Crippen molar-refractivity contribution in [2.45, 2.75) is 31.3 Å². The molecule has 1 heterocycles. The lowest BCUT2D eigenvalue weighted by molar-refractivity contribution is -0.126. The monoisotopic (exact) mass is 531 g/mol. The van der Waals surface area contributed by atoms with Crippen LogP contribution in [0.1, 0.15) is 28.7 Å². The normalized spacial score (nSPS) is 16.1. The number of carbonyl (C=O) groups excluding carboxylic acids is 1. The van der Waals surface area contributed by atoms with Gasteiger partial charge in [-0.25, -0.2) is 9.38 Å². The zero-order valence-corrected chi connectivity index (χ0v) is 21.4. The van der Waals surface area contributed by atoms with Crippen LogP contribution in [0.5, 0.6) is 5.75 Å². The molecule has 1 aliphatic rings. The van der Waals surface area contributed by atoms with Gasteiger partial charge in [-0.05, 0) is 65.0 Å². The summed E-state index contributed by atoms with van der Waals surface area (Å²) in [5, 5.41) is 15.6. The lowest BCUT2D eigenvalue weighted by atomic mass is 9.89. The molecule has 0 fully saturated rings. The number of hydrogen-bond donors (Lipinski definition) is 2. The van der Waals surface area contributed by atoms with E-state index in [1.807, 2.05) is 36.4 Å². The number of nitrogens with zero attached hydrogens (tertiary/aromatic N) is 4. The number of carbonyl (C=O) groups is 1. The Labute approximate surface area is 225 Å². The summed E-state index contributed by atoms with van der Waals surface area (Å²) in [5.41, 5.74) is 10.8. The minimum absolute atomic E-state index is 0.0370. The van der Waals surface area contributed by atoms with Crippen molar-refractivity contribution in [2.75, 3.05) is 26.4 Å². The van der Waals surface area contributed by atoms with Gasteiger partial charge in [0.2, 0.25) is 5.90 Å². The van der Waals surface area contributed by atoms with E-state index in [0.717, 1.165) is 16.7 Å². The quantitative estimate of drug-likeness (QED) is 0.145. The molecule has 1 atom stereocenters. The van der Waals surface area contributed by atoms with Crippen molar-refractivity contribution in [3.63, 3.8) is 0 Å². The molecular weight excluding hydrogens is 501 g/mol. The van der Waals surface area contributed by atoms with E-state index >= 15 is 0 Å². The predicted molar refractivity (Wildman–Crippen MR) is 145 cm³/mol. The van der Waals surface area contributed by atoms with Crippen LogP contribution in [0.2, 0.25) is 0 Å². The number of aliphatic hydroxyl groups excluding tert-OH is 1. The van der Waals surface area contributed by atoms with Gasteiger partial charge in [-0.1, -0.05) is 41.5 Å². The number of aliphatic imine (C=N–C) groups is 1. The van der Waals surface area contributed by atoms with E-state index < -0.39 is 5.54 Å². The second kappa shape index (κ2) is 13.4. The molecule has 9 nitrogen and oxygen atoms in total. The highest BCUT2D eigenvalue weighted by Crippen LogP contribution is 2.29. The predicted octanol–water partition coefficient (Wildman–Crippen LogP) is 4.51. The topological polar surface area (TPSA) is 129 Å². The Morgan fingerprint density at radius 3 is 2.59 bits per heavy atom. The highest BCUT2D eigenvalue weighted by Gasteiger charge is 2.44. The number of amides is 1. The molecule has 39 heavy (non-hydrogen) atoms. The summed E-state index contributed by atoms with van der Waals surface area (Å²) in [6, 6.07) is 20.8. The van der Waals surface area contributed by atoms with E-state index in [1.165, 1.54) is 12.1 Å². The Kier molecular flexibility index (Phi) is 9.50. The number of azide groups is 1. The molecule has 0 aromatic heterocycles. The Balaban J connectivity index is 1.56. The van der Waals surface area contributed by atoms with Crippen LogP contribution in [-0.2, 0) is 28.9 Å². The van der Waals surface area contributed by atoms with Gasteiger partial charge in [-0.15, -0.1) is 0 Å². The molecule has 4 rings (SSSR count). The molecule has 0 aliphatic carbocycles. The minimum Gasteiger partial charge on any atom is -0.494 e. The maximum Gasteiger partial charge on any atom is 0.251 e. The van der Waals surface area contributed by atoms with Crippen molar-refractivity contribution in [1.29, 1.82) is 0 Å². The van der Waals surface area contributed by atoms with Crippen molar-refractivity contribution in [3.05, 3.63) is 111 Å². The Bertz CT molecular complexity index is 1340. The average molecular weight is 532 g/mol. The fourth-order valence-corrected chi connectivity index (χ4v) is 4.27. The van der Waals surface area contributed by atoms with E-state index in [4.69, 9.17) is 25.1 Å². The van der Waals surface area contributed by atoms with Crippen molar-refractivity contribution in [3.8, 4) is 5.75 Å². The van der Waals surface area contributed by atoms with Gasteiger partial charge in [0.25, 0.3) is 5.91 Å². The van der Waals surface area contributed by atoms with Gasteiger partial charge in [-0.3, -0.25) is 4.79 Å². The fourth-order valence-electron chi connectivity index (χ4n) is 4.27. The van der Waals surface area contributed by atoms with Crippen LogP contribution >= 0.6 is 0 Å². The van der Waals surface area contributed by atoms with Gasteiger partial charge in [0.05, 0.1) is 13.2 Å². The number of aliphatic hydroxyl groups is 1. The van der Waals surface area contributed by atoms with E-state index in [1.54, 1.807) is 24.3 Å². The van der Waals surface area contributed by atoms with Crippen LogP contribution < -0.4 is 10.1 Å². The summed E-state index contributed by atoms with van der Waals surface area (Å²) < 4.78 is 24.8. The van der Waals surface area contributed by atoms with Gasteiger partial charge in [0.1, 0.15) is 18.2 Å². The average Bonchev–Trinajstić information content (AvgIpc) is 3.39. The highest BCUT2D eigenvalue weighted by atomic mass is 19.1. The summed E-state index contributed by atoms with van der Waals surface area (Å²) in [7, 11) is 0. The third kappa shape index (κ3) is 7.34. The number of halogens is 1. The molecular formula is C29H30FN5O4. The SMILES string of the molecule is [N-]=[N+]=NCc1ccccc1C[C@]1(C(=O)NCCc2ccc(F)cc2)COC(c2ccc(OCCCO)cc2)=N1. The van der Waals surface area contributed by atoms with Crippen molar-refractivity contribution < 1.29 is 23.8 Å². The van der Waals surface area contributed by atoms with Crippen molar-refractivity contribution >= 4 is 11.8 Å². The fraction of sp³-hybridized carbons (Fsp3) is 0.310. The third-order valence-corrected chi connectivity index (χ3v) is 6.38. The molecule has 2 N–H and O–H groups in total. The molecule has 1 aliphatic heterocycles. The largest absolute Gasteiger partial charge is 0.494 e. The number of benzene rings is 3. The molecule has 0 saturated carbocycles. The molecule has 3 aromatic rings. The second-order valence-corrected chi connectivity index (χ2v) is 9.15. The smallest absolute Gasteiger partial charge is 0.251 e. The van der Waals surface area contributed by atoms with Gasteiger partial charge >= 0.3 is 0 Å². The Morgan fingerprint density at radius 2 is 1.87 bits per heavy atom. The summed E-state index contributed by atoms with van der Waals surface area (Å²) in [6.07, 6.45) is 1.32. The first-order chi connectivity index (χ1) is 19.0. The van der Waals surface area contributed by atoms with E-state index in [-0.39, 0.29) is 37.9 Å². The second-order valence-electron chi connectivity index (χ2n) is 9.15. The summed E-state index contributed by atoms with van der Waals surface area (Å²) in [5.74, 6) is 0.402. The molecule has 0 unspecified atom stereocenters. The number of ether oxygens (including phenoxy) is 2. The van der Waals surface area contributed by atoms with Crippen LogP contribution in [0.15, 0.2) is 82.9 Å². The minimum atomic E-state index is -1.24. The van der Waals surface area contributed by atoms with Crippen molar-refractivity contribution in [1.82, 2.24) is 5.32 Å². The van der Waals surface area contributed by atoms with Crippen molar-refractivity contribution in [2.24, 2.45) is 10.1 Å². The maximum atomic E-state index is 13.6. The Hall–Kier alpha value is -4.40. The molecule has 0 bridgehead atoms. The van der Waals surface area contributed by atoms with Gasteiger partial charge in [0, 0.05) is 36.5 Å². The van der Waals surface area contributed by atoms with Gasteiger partial charge in [-0.2, -0.15) is 0 Å². The summed E-state index contributed by atoms with van der Waals surface area (Å²) >= 11 is 0. The third-order valence-electron chi connectivity index (χ3n) is 6.38. The molecule has 202 valence electrons. The highest BCUT2D eigenvalue weighted by molar-refractivity contribution is 6.00. The molecule has 1 amide bonds. The number of rotatable bonds is 13. The standard InChI is InChI=1S/C29H30FN5O4/c30-25-10-6-21(7-11-25)14-15-32-28(37)29(18-23-4-1-2-5-24(23)19-33-35-31)20-39-27(34-29)22-8-12-26(13-9-22)38-17-3-16-36/h1-2,4-13,36H,3,14-20H2,(H,32,37)/t29-/m1/s1. The van der Waals surface area contributed by atoms with E-state index in [9.17, 15) is 9.18 Å². The molecule has 0 spiro atoms. The van der Waals surface area contributed by atoms with Crippen LogP contribution in [0, 0.1) is 5.82 Å². The van der Waals surface area contributed by atoms with E-state index in [2.05, 4.69) is 15.3 Å². The molecule has 3 aromatic carbocycles. The van der Waals surface area contributed by atoms with E-state index in [0.29, 0.717) is 43.2 Å². The van der Waals surface area contributed by atoms with Gasteiger partial charge in [0.15, 0.2) is 5.54 Å². The number of nitrogens with one attached hydrogen (secondary N) is 1. The molecule has 10 heteroatoms. The maximum absolute atomic E-state index is 13.6. The van der Waals surface area contributed by atoms with Crippen LogP contribution in [0.25, 0.3) is 10.4 Å². The zero-order valence-electron chi connectivity index (χ0n) is 21.4. The first kappa shape index (κ1) is 27.6. The summed E-state index contributed by atoms with van der Waals surface area (Å²) in [4.78, 5) is 21.3. The number of hydrogen-bond acceptors (Lipinski definition) is 6. The van der Waals surface area contributed by atoms with Crippen LogP contribution in [-0.4, -0.2) is 48.8 Å². The van der Waals surface area contributed by atoms with Gasteiger partial charge < -0.3 is 19.9 Å². The first-order valence-corrected chi connectivity index (χ1v) is 12.7.